The summed E-state index contributed by atoms with van der Waals surface area (Å²) < 4.78 is 11.2. The van der Waals surface area contributed by atoms with Crippen LogP contribution in [0.4, 0.5) is 0 Å². The summed E-state index contributed by atoms with van der Waals surface area (Å²) in [6.45, 7) is 2.78. The van der Waals surface area contributed by atoms with Gasteiger partial charge in [-0.25, -0.2) is 4.79 Å². The number of rotatable bonds is 5. The van der Waals surface area contributed by atoms with Crippen LogP contribution in [-0.4, -0.2) is 24.5 Å². The van der Waals surface area contributed by atoms with Gasteiger partial charge in [-0.05, 0) is 56.4 Å². The van der Waals surface area contributed by atoms with Gasteiger partial charge >= 0.3 is 5.63 Å². The summed E-state index contributed by atoms with van der Waals surface area (Å²) in [6.07, 6.45) is 1.38. The Balaban J connectivity index is 1.99. The van der Waals surface area contributed by atoms with Crippen LogP contribution in [0.25, 0.3) is 11.0 Å². The number of nitrogens with one attached hydrogen (secondary N) is 1. The van der Waals surface area contributed by atoms with Gasteiger partial charge in [-0.15, -0.1) is 0 Å². The summed E-state index contributed by atoms with van der Waals surface area (Å²) in [6, 6.07) is 3.55. The van der Waals surface area contributed by atoms with Crippen LogP contribution in [0.2, 0.25) is 0 Å². The van der Waals surface area contributed by atoms with E-state index in [1.165, 1.54) is 6.92 Å². The number of carboxylic acids is 1. The second-order valence-electron chi connectivity index (χ2n) is 6.19. The normalized spacial score (nSPS) is 14.2. The number of fused-ring (bicyclic) bond motifs is 3. The molecule has 1 atom stereocenters. The number of aryl methyl sites for hydroxylation is 2. The lowest BCUT2D eigenvalue weighted by Gasteiger charge is -2.18. The summed E-state index contributed by atoms with van der Waals surface area (Å²) in [5.41, 5.74) is 2.50. The van der Waals surface area contributed by atoms with Crippen LogP contribution < -0.4 is 20.8 Å². The second kappa shape index (κ2) is 6.58. The molecule has 0 bridgehead atoms. The molecule has 1 aliphatic rings. The van der Waals surface area contributed by atoms with Crippen molar-refractivity contribution in [2.75, 3.05) is 6.54 Å². The molecule has 1 aliphatic carbocycles. The molecule has 0 aliphatic heterocycles. The minimum Gasteiger partial charge on any atom is -0.548 e. The zero-order chi connectivity index (χ0) is 18.1. The Hall–Kier alpha value is -2.83. The second-order valence-corrected chi connectivity index (χ2v) is 6.19. The van der Waals surface area contributed by atoms with Crippen molar-refractivity contribution < 1.29 is 23.8 Å². The van der Waals surface area contributed by atoms with Gasteiger partial charge in [0.05, 0.1) is 17.9 Å². The molecule has 0 spiro atoms. The molecular formula is C18H18NO6-. The van der Waals surface area contributed by atoms with Gasteiger partial charge in [0.15, 0.2) is 6.10 Å². The standard InChI is InChI=1S/C18H19NO6/c1-9-6-13(24-10(2)17(22)19-8-15(20)21)16-11-4-3-5-12(11)18(23)25-14(16)7-9/h6-7,10H,3-5,8H2,1-2H3,(H,19,22)(H,20,21)/p-1/t10-/m1/s1. The molecule has 3 rings (SSSR count). The number of benzene rings is 1. The fraction of sp³-hybridized carbons (Fsp3) is 0.389. The Morgan fingerprint density at radius 2 is 2.04 bits per heavy atom. The summed E-state index contributed by atoms with van der Waals surface area (Å²) in [4.78, 5) is 34.5. The predicted molar refractivity (Wildman–Crippen MR) is 87.4 cm³/mol. The first-order valence-corrected chi connectivity index (χ1v) is 8.10. The molecule has 132 valence electrons. The lowest BCUT2D eigenvalue weighted by molar-refractivity contribution is -0.304. The number of hydrogen-bond donors (Lipinski definition) is 1. The maximum atomic E-state index is 12.1. The number of aliphatic carboxylic acids is 1. The van der Waals surface area contributed by atoms with Crippen LogP contribution in [0.15, 0.2) is 21.3 Å². The molecule has 0 saturated heterocycles. The van der Waals surface area contributed by atoms with Crippen LogP contribution in [0.3, 0.4) is 0 Å². The van der Waals surface area contributed by atoms with E-state index in [0.29, 0.717) is 28.7 Å². The van der Waals surface area contributed by atoms with Crippen molar-refractivity contribution in [1.82, 2.24) is 5.32 Å². The van der Waals surface area contributed by atoms with Gasteiger partial charge in [0.25, 0.3) is 5.91 Å². The monoisotopic (exact) mass is 344 g/mol. The van der Waals surface area contributed by atoms with Crippen molar-refractivity contribution in [2.24, 2.45) is 0 Å². The first-order chi connectivity index (χ1) is 11.9. The molecule has 1 heterocycles. The number of amides is 1. The van der Waals surface area contributed by atoms with E-state index in [1.54, 1.807) is 12.1 Å². The molecule has 1 N–H and O–H groups in total. The van der Waals surface area contributed by atoms with E-state index in [0.717, 1.165) is 24.0 Å². The minimum absolute atomic E-state index is 0.323. The third kappa shape index (κ3) is 3.35. The lowest BCUT2D eigenvalue weighted by atomic mass is 10.0. The zero-order valence-electron chi connectivity index (χ0n) is 14.0. The van der Waals surface area contributed by atoms with Crippen LogP contribution in [0.5, 0.6) is 5.75 Å². The summed E-state index contributed by atoms with van der Waals surface area (Å²) in [5.74, 6) is -1.48. The molecule has 0 radical (unpaired) electrons. The summed E-state index contributed by atoms with van der Waals surface area (Å²) in [5, 5.41) is 13.4. The number of ether oxygens (including phenoxy) is 1. The molecule has 0 saturated carbocycles. The summed E-state index contributed by atoms with van der Waals surface area (Å²) in [7, 11) is 0. The Labute approximate surface area is 143 Å². The van der Waals surface area contributed by atoms with Crippen molar-refractivity contribution in [3.05, 3.63) is 39.2 Å². The maximum absolute atomic E-state index is 12.1. The zero-order valence-corrected chi connectivity index (χ0v) is 14.0. The van der Waals surface area contributed by atoms with Crippen LogP contribution >= 0.6 is 0 Å². The highest BCUT2D eigenvalue weighted by atomic mass is 16.5. The highest BCUT2D eigenvalue weighted by Gasteiger charge is 2.24. The third-order valence-electron chi connectivity index (χ3n) is 4.26. The topological polar surface area (TPSA) is 109 Å². The largest absolute Gasteiger partial charge is 0.548 e. The lowest BCUT2D eigenvalue weighted by Crippen LogP contribution is -2.43. The smallest absolute Gasteiger partial charge is 0.339 e. The number of hydrogen-bond acceptors (Lipinski definition) is 6. The molecule has 0 fully saturated rings. The van der Waals surface area contributed by atoms with Crippen molar-refractivity contribution in [3.8, 4) is 5.75 Å². The Bertz CT molecular complexity index is 914. The summed E-state index contributed by atoms with van der Waals surface area (Å²) >= 11 is 0. The molecule has 25 heavy (non-hydrogen) atoms. The van der Waals surface area contributed by atoms with E-state index in [2.05, 4.69) is 5.32 Å². The number of carboxylic acid groups (broad SMARTS) is 1. The maximum Gasteiger partial charge on any atom is 0.339 e. The average molecular weight is 344 g/mol. The van der Waals surface area contributed by atoms with Crippen molar-refractivity contribution in [3.63, 3.8) is 0 Å². The van der Waals surface area contributed by atoms with E-state index in [-0.39, 0.29) is 5.63 Å². The Morgan fingerprint density at radius 1 is 1.32 bits per heavy atom. The Morgan fingerprint density at radius 3 is 2.76 bits per heavy atom. The van der Waals surface area contributed by atoms with Gasteiger partial charge in [-0.2, -0.15) is 0 Å². The van der Waals surface area contributed by atoms with E-state index in [9.17, 15) is 19.5 Å². The molecule has 7 nitrogen and oxygen atoms in total. The highest BCUT2D eigenvalue weighted by Crippen LogP contribution is 2.35. The predicted octanol–water partition coefficient (Wildman–Crippen LogP) is 0.224. The number of carbonyl (C=O) groups excluding carboxylic acids is 2. The molecule has 2 aromatic rings. The van der Waals surface area contributed by atoms with E-state index < -0.39 is 24.5 Å². The molecule has 0 unspecified atom stereocenters. The molecule has 1 amide bonds. The van der Waals surface area contributed by atoms with Gasteiger partial charge in [0.2, 0.25) is 0 Å². The first-order valence-electron chi connectivity index (χ1n) is 8.10. The highest BCUT2D eigenvalue weighted by molar-refractivity contribution is 5.90. The van der Waals surface area contributed by atoms with Crippen molar-refractivity contribution in [2.45, 2.75) is 39.2 Å². The van der Waals surface area contributed by atoms with Gasteiger partial charge in [-0.1, -0.05) is 0 Å². The van der Waals surface area contributed by atoms with Gasteiger partial charge in [0, 0.05) is 5.56 Å². The van der Waals surface area contributed by atoms with Gasteiger partial charge in [0.1, 0.15) is 11.3 Å². The molecule has 1 aromatic carbocycles. The molecule has 7 heteroatoms. The first kappa shape index (κ1) is 17.0. The van der Waals surface area contributed by atoms with Crippen LogP contribution in [0.1, 0.15) is 30.0 Å². The van der Waals surface area contributed by atoms with Gasteiger partial charge in [-0.3, -0.25) is 4.79 Å². The van der Waals surface area contributed by atoms with Crippen LogP contribution in [-0.2, 0) is 22.4 Å². The quantitative estimate of drug-likeness (QED) is 0.778. The van der Waals surface area contributed by atoms with Crippen LogP contribution in [0, 0.1) is 6.92 Å². The fourth-order valence-electron chi connectivity index (χ4n) is 3.15. The molecular weight excluding hydrogens is 326 g/mol. The minimum atomic E-state index is -1.37. The Kier molecular flexibility index (Phi) is 4.48. The van der Waals surface area contributed by atoms with E-state index >= 15 is 0 Å². The van der Waals surface area contributed by atoms with Crippen molar-refractivity contribution in [1.29, 1.82) is 0 Å². The third-order valence-corrected chi connectivity index (χ3v) is 4.26. The van der Waals surface area contributed by atoms with E-state index in [4.69, 9.17) is 9.15 Å². The molecule has 1 aromatic heterocycles. The number of carbonyl (C=O) groups is 2. The fourth-order valence-corrected chi connectivity index (χ4v) is 3.15. The van der Waals surface area contributed by atoms with Crippen molar-refractivity contribution >= 4 is 22.8 Å². The SMILES string of the molecule is Cc1cc(O[C@H](C)C(=O)NCC(=O)[O-])c2c3c(c(=O)oc2c1)CCC3. The average Bonchev–Trinajstić information content (AvgIpc) is 3.02. The van der Waals surface area contributed by atoms with Gasteiger partial charge < -0.3 is 24.4 Å². The van der Waals surface area contributed by atoms with E-state index in [1.807, 2.05) is 6.92 Å².